The van der Waals surface area contributed by atoms with Gasteiger partial charge in [0.15, 0.2) is 0 Å². The molecule has 0 amide bonds. The fourth-order valence-corrected chi connectivity index (χ4v) is 3.45. The van der Waals surface area contributed by atoms with Gasteiger partial charge in [-0.2, -0.15) is 0 Å². The first-order chi connectivity index (χ1) is 5.61. The highest BCUT2D eigenvalue weighted by Crippen LogP contribution is 2.61. The van der Waals surface area contributed by atoms with Crippen molar-refractivity contribution in [2.24, 2.45) is 35.5 Å². The van der Waals surface area contributed by atoms with Crippen LogP contribution in [0.4, 0.5) is 0 Å². The fourth-order valence-electron chi connectivity index (χ4n) is 3.45. The summed E-state index contributed by atoms with van der Waals surface area (Å²) in [5.41, 5.74) is 0. The molecule has 0 spiro atoms. The van der Waals surface area contributed by atoms with Crippen molar-refractivity contribution in [3.63, 3.8) is 0 Å². The van der Waals surface area contributed by atoms with Crippen LogP contribution in [0.25, 0.3) is 0 Å². The summed E-state index contributed by atoms with van der Waals surface area (Å²) >= 11 is 0. The van der Waals surface area contributed by atoms with Crippen molar-refractivity contribution in [2.75, 3.05) is 0 Å². The van der Waals surface area contributed by atoms with E-state index in [9.17, 15) is 0 Å². The summed E-state index contributed by atoms with van der Waals surface area (Å²) in [6, 6.07) is 0. The molecule has 0 nitrogen and oxygen atoms in total. The van der Waals surface area contributed by atoms with Crippen LogP contribution in [0.3, 0.4) is 0 Å². The lowest BCUT2D eigenvalue weighted by atomic mass is 9.44. The quantitative estimate of drug-likeness (QED) is 0.588. The van der Waals surface area contributed by atoms with Crippen LogP contribution in [0.15, 0.2) is 0 Å². The summed E-state index contributed by atoms with van der Waals surface area (Å²) in [7, 11) is 0. The second kappa shape index (κ2) is 2.75. The molecule has 2 fully saturated rings. The van der Waals surface area contributed by atoms with Gasteiger partial charge >= 0.3 is 0 Å². The maximum atomic E-state index is 2.39. The number of hydrogen-bond acceptors (Lipinski definition) is 0. The van der Waals surface area contributed by atoms with Gasteiger partial charge in [-0.15, -0.1) is 0 Å². The summed E-state index contributed by atoms with van der Waals surface area (Å²) in [6.45, 7) is 9.57. The SMILES string of the molecule is CC(C)C1CC2C(C(C)C)CC12. The Hall–Kier alpha value is 0. The number of hydrogen-bond donors (Lipinski definition) is 0. The minimum absolute atomic E-state index is 0.944. The standard InChI is InChI=1S/C12H22/c1-7(2)9-5-12-10(8(3)4)6-11(9)12/h7-12H,5-6H2,1-4H3. The molecule has 0 aromatic rings. The Kier molecular flexibility index (Phi) is 1.97. The van der Waals surface area contributed by atoms with Crippen molar-refractivity contribution >= 4 is 0 Å². The van der Waals surface area contributed by atoms with Gasteiger partial charge in [-0.1, -0.05) is 27.7 Å². The number of fused-ring (bicyclic) bond motifs is 1. The third-order valence-corrected chi connectivity index (χ3v) is 4.45. The second-order valence-electron chi connectivity index (χ2n) is 5.61. The molecule has 0 heterocycles. The van der Waals surface area contributed by atoms with Crippen molar-refractivity contribution in [3.8, 4) is 0 Å². The molecule has 2 rings (SSSR count). The zero-order valence-corrected chi connectivity index (χ0v) is 8.88. The van der Waals surface area contributed by atoms with E-state index < -0.39 is 0 Å². The summed E-state index contributed by atoms with van der Waals surface area (Å²) in [6.07, 6.45) is 3.09. The highest BCUT2D eigenvalue weighted by Gasteiger charge is 2.54. The first kappa shape index (κ1) is 8.59. The zero-order valence-electron chi connectivity index (χ0n) is 8.88. The Balaban J connectivity index is 1.85. The van der Waals surface area contributed by atoms with Crippen LogP contribution in [-0.4, -0.2) is 0 Å². The van der Waals surface area contributed by atoms with Crippen LogP contribution in [0.2, 0.25) is 0 Å². The molecule has 12 heavy (non-hydrogen) atoms. The predicted octanol–water partition coefficient (Wildman–Crippen LogP) is 3.57. The molecule has 2 aliphatic rings. The van der Waals surface area contributed by atoms with E-state index in [1.807, 2.05) is 0 Å². The predicted molar refractivity (Wildman–Crippen MR) is 52.9 cm³/mol. The smallest absolute Gasteiger partial charge is 0.0349 e. The monoisotopic (exact) mass is 166 g/mol. The van der Waals surface area contributed by atoms with Gasteiger partial charge in [-0.3, -0.25) is 0 Å². The largest absolute Gasteiger partial charge is 0.0625 e. The van der Waals surface area contributed by atoms with Crippen molar-refractivity contribution in [3.05, 3.63) is 0 Å². The Morgan fingerprint density at radius 1 is 0.750 bits per heavy atom. The van der Waals surface area contributed by atoms with E-state index in [-0.39, 0.29) is 0 Å². The van der Waals surface area contributed by atoms with Gasteiger partial charge < -0.3 is 0 Å². The van der Waals surface area contributed by atoms with Crippen LogP contribution < -0.4 is 0 Å². The highest BCUT2D eigenvalue weighted by molar-refractivity contribution is 5.03. The van der Waals surface area contributed by atoms with Gasteiger partial charge in [0.2, 0.25) is 0 Å². The lowest BCUT2D eigenvalue weighted by Gasteiger charge is -2.61. The first-order valence-corrected chi connectivity index (χ1v) is 5.61. The van der Waals surface area contributed by atoms with Crippen molar-refractivity contribution in [2.45, 2.75) is 40.5 Å². The van der Waals surface area contributed by atoms with Gasteiger partial charge in [-0.25, -0.2) is 0 Å². The lowest BCUT2D eigenvalue weighted by molar-refractivity contribution is -0.123. The molecule has 0 bridgehead atoms. The van der Waals surface area contributed by atoms with Gasteiger partial charge in [0, 0.05) is 0 Å². The lowest BCUT2D eigenvalue weighted by Crippen LogP contribution is -2.54. The number of rotatable bonds is 2. The third kappa shape index (κ3) is 1.03. The molecule has 0 radical (unpaired) electrons. The molecule has 4 unspecified atom stereocenters. The second-order valence-corrected chi connectivity index (χ2v) is 5.61. The summed E-state index contributed by atoms with van der Waals surface area (Å²) in [4.78, 5) is 0. The molecular formula is C12H22. The zero-order chi connectivity index (χ0) is 8.88. The Labute approximate surface area is 76.7 Å². The third-order valence-electron chi connectivity index (χ3n) is 4.45. The molecule has 0 aromatic heterocycles. The average Bonchev–Trinajstić information content (AvgIpc) is 1.92. The molecule has 2 aliphatic carbocycles. The molecule has 2 saturated carbocycles. The van der Waals surface area contributed by atoms with Crippen LogP contribution in [0, 0.1) is 35.5 Å². The average molecular weight is 166 g/mol. The van der Waals surface area contributed by atoms with Gasteiger partial charge in [-0.05, 0) is 48.3 Å². The minimum atomic E-state index is 0.944. The fraction of sp³-hybridized carbons (Fsp3) is 1.00. The molecule has 0 N–H and O–H groups in total. The Bertz CT molecular complexity index is 149. The molecule has 0 heteroatoms. The van der Waals surface area contributed by atoms with E-state index in [1.54, 1.807) is 12.8 Å². The van der Waals surface area contributed by atoms with Crippen molar-refractivity contribution in [1.29, 1.82) is 0 Å². The van der Waals surface area contributed by atoms with Crippen LogP contribution >= 0.6 is 0 Å². The van der Waals surface area contributed by atoms with E-state index in [0.29, 0.717) is 0 Å². The Morgan fingerprint density at radius 2 is 1.08 bits per heavy atom. The van der Waals surface area contributed by atoms with E-state index in [1.165, 1.54) is 0 Å². The first-order valence-electron chi connectivity index (χ1n) is 5.61. The van der Waals surface area contributed by atoms with Gasteiger partial charge in [0.25, 0.3) is 0 Å². The van der Waals surface area contributed by atoms with Gasteiger partial charge in [0.05, 0.1) is 0 Å². The van der Waals surface area contributed by atoms with Crippen LogP contribution in [-0.2, 0) is 0 Å². The van der Waals surface area contributed by atoms with E-state index in [0.717, 1.165) is 35.5 Å². The molecule has 70 valence electrons. The molecule has 4 atom stereocenters. The summed E-state index contributed by atoms with van der Waals surface area (Å²) in [5.74, 6) is 6.34. The van der Waals surface area contributed by atoms with E-state index >= 15 is 0 Å². The Morgan fingerprint density at radius 3 is 1.25 bits per heavy atom. The minimum Gasteiger partial charge on any atom is -0.0625 e. The molecular weight excluding hydrogens is 144 g/mol. The molecule has 0 aromatic carbocycles. The molecule has 0 aliphatic heterocycles. The normalized spacial score (nSPS) is 45.5. The molecule has 0 saturated heterocycles. The van der Waals surface area contributed by atoms with Crippen molar-refractivity contribution < 1.29 is 0 Å². The van der Waals surface area contributed by atoms with Gasteiger partial charge in [0.1, 0.15) is 0 Å². The maximum Gasteiger partial charge on any atom is -0.0349 e. The topological polar surface area (TPSA) is 0 Å². The highest BCUT2D eigenvalue weighted by atomic mass is 14.6. The van der Waals surface area contributed by atoms with E-state index in [2.05, 4.69) is 27.7 Å². The summed E-state index contributed by atoms with van der Waals surface area (Å²) in [5, 5.41) is 0. The van der Waals surface area contributed by atoms with E-state index in [4.69, 9.17) is 0 Å². The summed E-state index contributed by atoms with van der Waals surface area (Å²) < 4.78 is 0. The maximum absolute atomic E-state index is 2.39. The van der Waals surface area contributed by atoms with Crippen molar-refractivity contribution in [1.82, 2.24) is 0 Å². The van der Waals surface area contributed by atoms with Crippen LogP contribution in [0.1, 0.15) is 40.5 Å². The van der Waals surface area contributed by atoms with Crippen LogP contribution in [0.5, 0.6) is 0 Å².